The van der Waals surface area contributed by atoms with E-state index in [1.54, 1.807) is 0 Å². The lowest BCUT2D eigenvalue weighted by Gasteiger charge is -2.31. The van der Waals surface area contributed by atoms with E-state index in [9.17, 15) is 13.6 Å². The van der Waals surface area contributed by atoms with E-state index in [4.69, 9.17) is 5.11 Å². The predicted molar refractivity (Wildman–Crippen MR) is 69.8 cm³/mol. The Labute approximate surface area is 118 Å². The Morgan fingerprint density at radius 3 is 2.32 bits per heavy atom. The van der Waals surface area contributed by atoms with Crippen molar-refractivity contribution in [2.24, 2.45) is 5.92 Å². The van der Waals surface area contributed by atoms with Gasteiger partial charge in [0.25, 0.3) is 5.91 Å². The van der Waals surface area contributed by atoms with Crippen LogP contribution in [-0.2, 0) is 0 Å². The summed E-state index contributed by atoms with van der Waals surface area (Å²) in [5.41, 5.74) is -0.509. The van der Waals surface area contributed by atoms with Crippen LogP contribution in [0.5, 0.6) is 0 Å². The summed E-state index contributed by atoms with van der Waals surface area (Å²) < 4.78 is 27.7. The number of hydrogen-bond acceptors (Lipinski definition) is 2. The van der Waals surface area contributed by atoms with Crippen LogP contribution in [0.15, 0.2) is 16.6 Å². The molecule has 3 nitrogen and oxygen atoms in total. The number of rotatable bonds is 2. The van der Waals surface area contributed by atoms with Crippen molar-refractivity contribution in [3.63, 3.8) is 0 Å². The standard InChI is InChI=1S/C13H14BrF2NO2/c14-9-5-10(15)12(11(16)6-9)13(19)17-3-1-8(7-18)2-4-17/h5-6,8,18H,1-4,7H2. The molecule has 1 saturated heterocycles. The molecule has 0 aromatic heterocycles. The van der Waals surface area contributed by atoms with Gasteiger partial charge < -0.3 is 10.0 Å². The second-order valence-electron chi connectivity index (χ2n) is 4.66. The number of piperidine rings is 1. The first kappa shape index (κ1) is 14.4. The topological polar surface area (TPSA) is 40.5 Å². The van der Waals surface area contributed by atoms with Gasteiger partial charge in [-0.1, -0.05) is 15.9 Å². The molecule has 2 rings (SSSR count). The maximum atomic E-state index is 13.7. The largest absolute Gasteiger partial charge is 0.396 e. The Morgan fingerprint density at radius 2 is 1.84 bits per heavy atom. The lowest BCUT2D eigenvalue weighted by molar-refractivity contribution is 0.0641. The van der Waals surface area contributed by atoms with E-state index in [0.717, 1.165) is 12.1 Å². The minimum Gasteiger partial charge on any atom is -0.396 e. The fraction of sp³-hybridized carbons (Fsp3) is 0.462. The molecular weight excluding hydrogens is 320 g/mol. The third-order valence-corrected chi connectivity index (χ3v) is 3.84. The number of carbonyl (C=O) groups excluding carboxylic acids is 1. The van der Waals surface area contributed by atoms with Gasteiger partial charge in [-0.25, -0.2) is 8.78 Å². The molecule has 0 aliphatic carbocycles. The van der Waals surface area contributed by atoms with Crippen molar-refractivity contribution >= 4 is 21.8 Å². The fourth-order valence-electron chi connectivity index (χ4n) is 2.22. The van der Waals surface area contributed by atoms with Gasteiger partial charge in [-0.3, -0.25) is 4.79 Å². The van der Waals surface area contributed by atoms with Gasteiger partial charge in [0.2, 0.25) is 0 Å². The lowest BCUT2D eigenvalue weighted by Crippen LogP contribution is -2.40. The molecule has 0 saturated carbocycles. The number of benzene rings is 1. The molecule has 104 valence electrons. The molecule has 1 N–H and O–H groups in total. The summed E-state index contributed by atoms with van der Waals surface area (Å²) in [7, 11) is 0. The minimum absolute atomic E-state index is 0.0863. The molecule has 1 aliphatic heterocycles. The number of likely N-dealkylation sites (tertiary alicyclic amines) is 1. The molecule has 19 heavy (non-hydrogen) atoms. The molecule has 0 unspecified atom stereocenters. The Hall–Kier alpha value is -1.01. The van der Waals surface area contributed by atoms with Crippen molar-refractivity contribution in [1.82, 2.24) is 4.90 Å². The summed E-state index contributed by atoms with van der Waals surface area (Å²) in [5.74, 6) is -2.18. The van der Waals surface area contributed by atoms with Crippen LogP contribution < -0.4 is 0 Å². The maximum absolute atomic E-state index is 13.7. The predicted octanol–water partition coefficient (Wildman–Crippen LogP) is 2.57. The van der Waals surface area contributed by atoms with Crippen LogP contribution in [0.4, 0.5) is 8.78 Å². The van der Waals surface area contributed by atoms with Crippen LogP contribution >= 0.6 is 15.9 Å². The van der Waals surface area contributed by atoms with Crippen molar-refractivity contribution in [2.75, 3.05) is 19.7 Å². The van der Waals surface area contributed by atoms with Gasteiger partial charge in [0.15, 0.2) is 0 Å². The highest BCUT2D eigenvalue weighted by Crippen LogP contribution is 2.23. The second-order valence-corrected chi connectivity index (χ2v) is 5.58. The zero-order valence-electron chi connectivity index (χ0n) is 10.2. The van der Waals surface area contributed by atoms with Gasteiger partial charge >= 0.3 is 0 Å². The summed E-state index contributed by atoms with van der Waals surface area (Å²) in [6.07, 6.45) is 1.31. The van der Waals surface area contributed by atoms with E-state index in [1.807, 2.05) is 0 Å². The molecule has 0 atom stereocenters. The first-order chi connectivity index (χ1) is 9.02. The van der Waals surface area contributed by atoms with Gasteiger partial charge in [-0.15, -0.1) is 0 Å². The highest BCUT2D eigenvalue weighted by atomic mass is 79.9. The summed E-state index contributed by atoms with van der Waals surface area (Å²) in [6, 6.07) is 2.16. The number of nitrogens with zero attached hydrogens (tertiary/aromatic N) is 1. The summed E-state index contributed by atoms with van der Waals surface area (Å²) in [5, 5.41) is 9.02. The van der Waals surface area contributed by atoms with Gasteiger partial charge in [-0.05, 0) is 30.9 Å². The van der Waals surface area contributed by atoms with Crippen LogP contribution in [0.1, 0.15) is 23.2 Å². The molecule has 1 aliphatic rings. The van der Waals surface area contributed by atoms with E-state index in [2.05, 4.69) is 15.9 Å². The quantitative estimate of drug-likeness (QED) is 0.903. The van der Waals surface area contributed by atoms with E-state index in [-0.39, 0.29) is 17.0 Å². The second kappa shape index (κ2) is 5.96. The van der Waals surface area contributed by atoms with E-state index >= 15 is 0 Å². The van der Waals surface area contributed by atoms with Crippen molar-refractivity contribution < 1.29 is 18.7 Å². The zero-order valence-corrected chi connectivity index (χ0v) is 11.8. The van der Waals surface area contributed by atoms with Crippen molar-refractivity contribution in [2.45, 2.75) is 12.8 Å². The minimum atomic E-state index is -0.860. The third-order valence-electron chi connectivity index (χ3n) is 3.38. The molecule has 1 aromatic carbocycles. The molecular formula is C13H14BrF2NO2. The van der Waals surface area contributed by atoms with Gasteiger partial charge in [-0.2, -0.15) is 0 Å². The number of carbonyl (C=O) groups is 1. The normalized spacial score (nSPS) is 16.7. The summed E-state index contributed by atoms with van der Waals surface area (Å²) >= 11 is 2.98. The molecule has 1 aromatic rings. The van der Waals surface area contributed by atoms with Gasteiger partial charge in [0.1, 0.15) is 17.2 Å². The lowest BCUT2D eigenvalue weighted by atomic mass is 9.97. The van der Waals surface area contributed by atoms with Crippen molar-refractivity contribution in [3.05, 3.63) is 33.8 Å². The number of halogens is 3. The highest BCUT2D eigenvalue weighted by molar-refractivity contribution is 9.10. The summed E-state index contributed by atoms with van der Waals surface area (Å²) in [6.45, 7) is 0.918. The molecule has 1 heterocycles. The smallest absolute Gasteiger partial charge is 0.259 e. The molecule has 6 heteroatoms. The molecule has 0 spiro atoms. The monoisotopic (exact) mass is 333 g/mol. The Balaban J connectivity index is 2.17. The Kier molecular flexibility index (Phi) is 4.52. The number of amides is 1. The first-order valence-corrected chi connectivity index (χ1v) is 6.87. The average Bonchev–Trinajstić information content (AvgIpc) is 2.37. The van der Waals surface area contributed by atoms with E-state index in [1.165, 1.54) is 4.90 Å². The fourth-order valence-corrected chi connectivity index (χ4v) is 2.63. The van der Waals surface area contributed by atoms with Crippen LogP contribution in [0.3, 0.4) is 0 Å². The zero-order chi connectivity index (χ0) is 14.0. The van der Waals surface area contributed by atoms with Crippen molar-refractivity contribution in [3.8, 4) is 0 Å². The number of hydrogen-bond donors (Lipinski definition) is 1. The van der Waals surface area contributed by atoms with E-state index < -0.39 is 23.1 Å². The van der Waals surface area contributed by atoms with Crippen LogP contribution in [0.25, 0.3) is 0 Å². The Bertz CT molecular complexity index is 465. The van der Waals surface area contributed by atoms with Gasteiger partial charge in [0, 0.05) is 24.2 Å². The van der Waals surface area contributed by atoms with Crippen LogP contribution in [0, 0.1) is 17.6 Å². The molecule has 0 bridgehead atoms. The van der Waals surface area contributed by atoms with Gasteiger partial charge in [0.05, 0.1) is 0 Å². The molecule has 1 amide bonds. The van der Waals surface area contributed by atoms with Crippen LogP contribution in [0.2, 0.25) is 0 Å². The average molecular weight is 334 g/mol. The number of aliphatic hydroxyl groups is 1. The van der Waals surface area contributed by atoms with E-state index in [0.29, 0.717) is 25.9 Å². The summed E-state index contributed by atoms with van der Waals surface area (Å²) in [4.78, 5) is 13.5. The Morgan fingerprint density at radius 1 is 1.32 bits per heavy atom. The highest BCUT2D eigenvalue weighted by Gasteiger charge is 2.27. The van der Waals surface area contributed by atoms with Crippen LogP contribution in [-0.4, -0.2) is 35.6 Å². The number of aliphatic hydroxyl groups excluding tert-OH is 1. The first-order valence-electron chi connectivity index (χ1n) is 6.07. The third kappa shape index (κ3) is 3.12. The maximum Gasteiger partial charge on any atom is 0.259 e. The molecule has 1 fully saturated rings. The van der Waals surface area contributed by atoms with Crippen molar-refractivity contribution in [1.29, 1.82) is 0 Å². The molecule has 0 radical (unpaired) electrons. The SMILES string of the molecule is O=C(c1c(F)cc(Br)cc1F)N1CCC(CO)CC1.